The maximum atomic E-state index is 5.14. The Hall–Kier alpha value is -2.43. The summed E-state index contributed by atoms with van der Waals surface area (Å²) in [6, 6.07) is 8.00. The van der Waals surface area contributed by atoms with Crippen LogP contribution in [0.2, 0.25) is 0 Å². The average molecular weight is 242 g/mol. The molecule has 0 aliphatic heterocycles. The van der Waals surface area contributed by atoms with Crippen LogP contribution >= 0.6 is 0 Å². The van der Waals surface area contributed by atoms with Crippen LogP contribution in [-0.2, 0) is 0 Å². The van der Waals surface area contributed by atoms with E-state index in [1.165, 1.54) is 0 Å². The molecular weight excluding hydrogens is 230 g/mol. The first-order valence-corrected chi connectivity index (χ1v) is 5.56. The fraction of sp³-hybridized carbons (Fsp3) is 0.154. The molecule has 3 rings (SSSR count). The highest BCUT2D eigenvalue weighted by Crippen LogP contribution is 2.21. The van der Waals surface area contributed by atoms with Crippen molar-refractivity contribution in [3.63, 3.8) is 0 Å². The van der Waals surface area contributed by atoms with Crippen LogP contribution in [0.15, 0.2) is 41.2 Å². The van der Waals surface area contributed by atoms with Gasteiger partial charge in [-0.15, -0.1) is 0 Å². The number of rotatable bonds is 2. The van der Waals surface area contributed by atoms with Crippen LogP contribution in [-0.4, -0.2) is 17.3 Å². The summed E-state index contributed by atoms with van der Waals surface area (Å²) in [6.45, 7) is 1.77. The van der Waals surface area contributed by atoms with Crippen LogP contribution in [0, 0.1) is 6.92 Å². The standard InChI is InChI=1S/C13H12N3O2/c1-9-14-13(15-18-9)11-4-3-10-5-6-16(17-2)8-12(10)7-11/h3-8H,1-2H3/q+1. The highest BCUT2D eigenvalue weighted by atomic mass is 16.6. The highest BCUT2D eigenvalue weighted by molar-refractivity contribution is 5.84. The van der Waals surface area contributed by atoms with Crippen molar-refractivity contribution < 1.29 is 14.1 Å². The Kier molecular flexibility index (Phi) is 2.44. The Bertz CT molecular complexity index is 706. The molecule has 2 heterocycles. The van der Waals surface area contributed by atoms with Gasteiger partial charge in [-0.2, -0.15) is 4.98 Å². The second kappa shape index (κ2) is 4.10. The van der Waals surface area contributed by atoms with Crippen molar-refractivity contribution in [2.45, 2.75) is 6.92 Å². The van der Waals surface area contributed by atoms with Crippen molar-refractivity contribution >= 4 is 10.8 Å². The zero-order valence-electron chi connectivity index (χ0n) is 10.1. The van der Waals surface area contributed by atoms with Gasteiger partial charge in [-0.3, -0.25) is 4.84 Å². The Balaban J connectivity index is 2.14. The highest BCUT2D eigenvalue weighted by Gasteiger charge is 2.08. The van der Waals surface area contributed by atoms with E-state index in [0.717, 1.165) is 16.3 Å². The molecule has 2 aromatic heterocycles. The molecule has 0 N–H and O–H groups in total. The Morgan fingerprint density at radius 3 is 2.83 bits per heavy atom. The van der Waals surface area contributed by atoms with E-state index >= 15 is 0 Å². The normalized spacial score (nSPS) is 10.8. The molecule has 0 fully saturated rings. The van der Waals surface area contributed by atoms with E-state index < -0.39 is 0 Å². The van der Waals surface area contributed by atoms with Crippen molar-refractivity contribution in [2.75, 3.05) is 7.11 Å². The van der Waals surface area contributed by atoms with Crippen LogP contribution in [0.4, 0.5) is 0 Å². The molecule has 5 nitrogen and oxygen atoms in total. The molecule has 1 aromatic carbocycles. The van der Waals surface area contributed by atoms with Gasteiger partial charge in [0.2, 0.25) is 24.1 Å². The predicted octanol–water partition coefficient (Wildman–Crippen LogP) is 1.54. The molecule has 5 heteroatoms. The minimum absolute atomic E-state index is 0.560. The van der Waals surface area contributed by atoms with Crippen LogP contribution in [0.1, 0.15) is 5.89 Å². The molecule has 0 spiro atoms. The summed E-state index contributed by atoms with van der Waals surface area (Å²) in [6.07, 6.45) is 3.77. The molecule has 0 radical (unpaired) electrons. The van der Waals surface area contributed by atoms with Crippen molar-refractivity contribution in [1.82, 2.24) is 10.1 Å². The molecule has 0 amide bonds. The lowest BCUT2D eigenvalue weighted by Gasteiger charge is -1.98. The minimum atomic E-state index is 0.560. The summed E-state index contributed by atoms with van der Waals surface area (Å²) in [7, 11) is 1.62. The van der Waals surface area contributed by atoms with Gasteiger partial charge in [-0.1, -0.05) is 17.3 Å². The molecule has 3 aromatic rings. The van der Waals surface area contributed by atoms with Gasteiger partial charge < -0.3 is 4.52 Å². The van der Waals surface area contributed by atoms with E-state index in [1.807, 2.05) is 36.7 Å². The molecule has 0 saturated heterocycles. The molecule has 0 bridgehead atoms. The third-order valence-electron chi connectivity index (χ3n) is 2.75. The van der Waals surface area contributed by atoms with Crippen molar-refractivity contribution in [2.24, 2.45) is 0 Å². The molecular formula is C13H12N3O2+. The van der Waals surface area contributed by atoms with Crippen molar-refractivity contribution in [3.05, 3.63) is 42.5 Å². The summed E-state index contributed by atoms with van der Waals surface area (Å²) in [5, 5.41) is 6.10. The second-order valence-electron chi connectivity index (χ2n) is 3.97. The van der Waals surface area contributed by atoms with Crippen LogP contribution in [0.25, 0.3) is 22.2 Å². The van der Waals surface area contributed by atoms with Crippen LogP contribution < -0.4 is 9.57 Å². The average Bonchev–Trinajstić information content (AvgIpc) is 2.84. The molecule has 0 atom stereocenters. The summed E-state index contributed by atoms with van der Waals surface area (Å²) in [5.41, 5.74) is 0.924. The number of fused-ring (bicyclic) bond motifs is 1. The molecule has 0 aliphatic carbocycles. The number of nitrogens with zero attached hydrogens (tertiary/aromatic N) is 3. The monoisotopic (exact) mass is 242 g/mol. The lowest BCUT2D eigenvalue weighted by atomic mass is 10.1. The van der Waals surface area contributed by atoms with Gasteiger partial charge in [-0.05, 0) is 11.5 Å². The van der Waals surface area contributed by atoms with Crippen LogP contribution in [0.3, 0.4) is 0 Å². The first-order chi connectivity index (χ1) is 8.76. The fourth-order valence-electron chi connectivity index (χ4n) is 1.84. The summed E-state index contributed by atoms with van der Waals surface area (Å²) in [5.74, 6) is 1.16. The van der Waals surface area contributed by atoms with E-state index in [-0.39, 0.29) is 0 Å². The van der Waals surface area contributed by atoms with E-state index in [9.17, 15) is 0 Å². The third-order valence-corrected chi connectivity index (χ3v) is 2.75. The smallest absolute Gasteiger partial charge is 0.230 e. The van der Waals surface area contributed by atoms with E-state index in [2.05, 4.69) is 10.1 Å². The summed E-state index contributed by atoms with van der Waals surface area (Å²) in [4.78, 5) is 9.35. The van der Waals surface area contributed by atoms with Gasteiger partial charge in [0.15, 0.2) is 0 Å². The number of aryl methyl sites for hydroxylation is 1. The van der Waals surface area contributed by atoms with Crippen molar-refractivity contribution in [1.29, 1.82) is 0 Å². The largest absolute Gasteiger partial charge is 0.339 e. The minimum Gasteiger partial charge on any atom is -0.339 e. The number of aromatic nitrogens is 3. The van der Waals surface area contributed by atoms with Gasteiger partial charge in [0.1, 0.15) is 7.11 Å². The van der Waals surface area contributed by atoms with Gasteiger partial charge >= 0.3 is 0 Å². The molecule has 18 heavy (non-hydrogen) atoms. The molecule has 0 unspecified atom stereocenters. The first kappa shape index (κ1) is 10.7. The molecule has 0 aliphatic rings. The molecule has 0 saturated carbocycles. The maximum absolute atomic E-state index is 5.14. The van der Waals surface area contributed by atoms with Gasteiger partial charge in [-0.25, -0.2) is 0 Å². The Morgan fingerprint density at radius 1 is 1.22 bits per heavy atom. The van der Waals surface area contributed by atoms with Crippen LogP contribution in [0.5, 0.6) is 0 Å². The number of benzene rings is 1. The zero-order valence-corrected chi connectivity index (χ0v) is 10.1. The second-order valence-corrected chi connectivity index (χ2v) is 3.97. The van der Waals surface area contributed by atoms with Crippen molar-refractivity contribution in [3.8, 4) is 11.4 Å². The van der Waals surface area contributed by atoms with Gasteiger partial charge in [0.25, 0.3) is 0 Å². The Morgan fingerprint density at radius 2 is 2.11 bits per heavy atom. The number of hydrogen-bond acceptors (Lipinski definition) is 4. The Labute approximate surface area is 104 Å². The maximum Gasteiger partial charge on any atom is 0.230 e. The third kappa shape index (κ3) is 1.79. The predicted molar refractivity (Wildman–Crippen MR) is 64.7 cm³/mol. The van der Waals surface area contributed by atoms with E-state index in [4.69, 9.17) is 9.36 Å². The van der Waals surface area contributed by atoms with E-state index in [1.54, 1.807) is 18.8 Å². The number of pyridine rings is 1. The van der Waals surface area contributed by atoms with Gasteiger partial charge in [0.05, 0.1) is 5.39 Å². The SMILES string of the molecule is CO[n+]1ccc2ccc(-c3noc(C)n3)cc2c1. The summed E-state index contributed by atoms with van der Waals surface area (Å²) >= 11 is 0. The lowest BCUT2D eigenvalue weighted by Crippen LogP contribution is -2.39. The molecule has 90 valence electrons. The fourth-order valence-corrected chi connectivity index (χ4v) is 1.84. The summed E-state index contributed by atoms with van der Waals surface area (Å²) < 4.78 is 6.63. The zero-order chi connectivity index (χ0) is 12.5. The lowest BCUT2D eigenvalue weighted by molar-refractivity contribution is -0.884. The first-order valence-electron chi connectivity index (χ1n) is 5.56. The van der Waals surface area contributed by atoms with Gasteiger partial charge in [0, 0.05) is 23.3 Å². The number of hydrogen-bond donors (Lipinski definition) is 0. The quantitative estimate of drug-likeness (QED) is 0.640. The topological polar surface area (TPSA) is 52.0 Å². The van der Waals surface area contributed by atoms with E-state index in [0.29, 0.717) is 11.7 Å².